The largest absolute Gasteiger partial charge is 0.398 e. The SMILES string of the molecule is CC(C)n1ncc(Cl)c1C(O)c1cc(F)ccc1N. The molecule has 2 rings (SSSR count). The Morgan fingerprint density at radius 2 is 2.11 bits per heavy atom. The Hall–Kier alpha value is -1.59. The fourth-order valence-electron chi connectivity index (χ4n) is 1.95. The summed E-state index contributed by atoms with van der Waals surface area (Å²) in [5.41, 5.74) is 6.77. The molecule has 1 heterocycles. The number of hydrogen-bond acceptors (Lipinski definition) is 3. The summed E-state index contributed by atoms with van der Waals surface area (Å²) in [5, 5.41) is 14.8. The Labute approximate surface area is 115 Å². The molecule has 0 aliphatic heterocycles. The van der Waals surface area contributed by atoms with Gasteiger partial charge in [0.1, 0.15) is 11.9 Å². The molecule has 1 aromatic heterocycles. The Morgan fingerprint density at radius 3 is 2.74 bits per heavy atom. The van der Waals surface area contributed by atoms with Crippen LogP contribution in [-0.2, 0) is 0 Å². The zero-order valence-corrected chi connectivity index (χ0v) is 11.4. The van der Waals surface area contributed by atoms with Crippen LogP contribution in [-0.4, -0.2) is 14.9 Å². The molecular weight excluding hydrogens is 269 g/mol. The molecular formula is C13H15ClFN3O. The summed E-state index contributed by atoms with van der Waals surface area (Å²) in [6.07, 6.45) is 0.336. The number of benzene rings is 1. The fourth-order valence-corrected chi connectivity index (χ4v) is 2.18. The first-order valence-electron chi connectivity index (χ1n) is 5.87. The van der Waals surface area contributed by atoms with Crippen LogP contribution in [0.15, 0.2) is 24.4 Å². The van der Waals surface area contributed by atoms with Gasteiger partial charge in [-0.15, -0.1) is 0 Å². The van der Waals surface area contributed by atoms with Crippen molar-refractivity contribution in [1.29, 1.82) is 0 Å². The van der Waals surface area contributed by atoms with Crippen molar-refractivity contribution in [1.82, 2.24) is 9.78 Å². The molecule has 2 aromatic rings. The highest BCUT2D eigenvalue weighted by atomic mass is 35.5. The van der Waals surface area contributed by atoms with Crippen molar-refractivity contribution in [3.05, 3.63) is 46.5 Å². The first-order chi connectivity index (χ1) is 8.91. The van der Waals surface area contributed by atoms with Gasteiger partial charge in [0, 0.05) is 17.3 Å². The summed E-state index contributed by atoms with van der Waals surface area (Å²) in [4.78, 5) is 0. The van der Waals surface area contributed by atoms with Crippen molar-refractivity contribution in [2.24, 2.45) is 0 Å². The van der Waals surface area contributed by atoms with Crippen LogP contribution >= 0.6 is 11.6 Å². The van der Waals surface area contributed by atoms with Crippen molar-refractivity contribution in [2.45, 2.75) is 26.0 Å². The van der Waals surface area contributed by atoms with E-state index in [0.29, 0.717) is 16.4 Å². The second-order valence-electron chi connectivity index (χ2n) is 4.59. The van der Waals surface area contributed by atoms with E-state index in [1.807, 2.05) is 13.8 Å². The molecule has 0 fully saturated rings. The third-order valence-electron chi connectivity index (χ3n) is 2.88. The fraction of sp³-hybridized carbons (Fsp3) is 0.308. The van der Waals surface area contributed by atoms with Gasteiger partial charge in [0.25, 0.3) is 0 Å². The molecule has 0 aliphatic carbocycles. The van der Waals surface area contributed by atoms with E-state index >= 15 is 0 Å². The lowest BCUT2D eigenvalue weighted by Crippen LogP contribution is -2.14. The molecule has 0 bridgehead atoms. The molecule has 1 atom stereocenters. The standard InChI is InChI=1S/C13H15ClFN3O/c1-7(2)18-12(10(14)6-17-18)13(19)9-5-8(15)3-4-11(9)16/h3-7,13,19H,16H2,1-2H3. The number of aliphatic hydroxyl groups excluding tert-OH is 1. The Morgan fingerprint density at radius 1 is 1.42 bits per heavy atom. The van der Waals surface area contributed by atoms with Gasteiger partial charge in [-0.05, 0) is 32.0 Å². The molecule has 0 amide bonds. The number of rotatable bonds is 3. The van der Waals surface area contributed by atoms with Gasteiger partial charge in [0.05, 0.1) is 16.9 Å². The molecule has 0 radical (unpaired) electrons. The molecule has 1 unspecified atom stereocenters. The normalized spacial score (nSPS) is 12.9. The van der Waals surface area contributed by atoms with Gasteiger partial charge < -0.3 is 10.8 Å². The molecule has 6 heteroatoms. The Kier molecular flexibility index (Phi) is 3.78. The van der Waals surface area contributed by atoms with Gasteiger partial charge in [0.2, 0.25) is 0 Å². The number of nitrogens with two attached hydrogens (primary N) is 1. The van der Waals surface area contributed by atoms with Crippen LogP contribution in [0.3, 0.4) is 0 Å². The average Bonchev–Trinajstić information content (AvgIpc) is 2.73. The minimum atomic E-state index is -1.12. The lowest BCUT2D eigenvalue weighted by atomic mass is 10.0. The minimum absolute atomic E-state index is 0.0203. The summed E-state index contributed by atoms with van der Waals surface area (Å²) >= 11 is 6.05. The number of hydrogen-bond donors (Lipinski definition) is 2. The number of nitrogen functional groups attached to an aromatic ring is 1. The van der Waals surface area contributed by atoms with Gasteiger partial charge in [-0.1, -0.05) is 11.6 Å². The summed E-state index contributed by atoms with van der Waals surface area (Å²) < 4.78 is 14.9. The quantitative estimate of drug-likeness (QED) is 0.851. The molecule has 1 aromatic carbocycles. The van der Waals surface area contributed by atoms with E-state index in [0.717, 1.165) is 0 Å². The average molecular weight is 284 g/mol. The van der Waals surface area contributed by atoms with Crippen LogP contribution in [0.25, 0.3) is 0 Å². The smallest absolute Gasteiger partial charge is 0.124 e. The van der Waals surface area contributed by atoms with Crippen LogP contribution in [0.4, 0.5) is 10.1 Å². The monoisotopic (exact) mass is 283 g/mol. The summed E-state index contributed by atoms with van der Waals surface area (Å²) in [6.45, 7) is 3.82. The second-order valence-corrected chi connectivity index (χ2v) is 5.00. The third kappa shape index (κ3) is 2.57. The molecule has 3 N–H and O–H groups in total. The van der Waals surface area contributed by atoms with E-state index in [1.165, 1.54) is 24.4 Å². The van der Waals surface area contributed by atoms with E-state index in [2.05, 4.69) is 5.10 Å². The predicted octanol–water partition coefficient (Wildman–Crippen LogP) is 2.92. The lowest BCUT2D eigenvalue weighted by Gasteiger charge is -2.18. The number of halogens is 2. The highest BCUT2D eigenvalue weighted by Gasteiger charge is 2.23. The molecule has 0 saturated carbocycles. The van der Waals surface area contributed by atoms with E-state index in [1.54, 1.807) is 4.68 Å². The molecule has 4 nitrogen and oxygen atoms in total. The van der Waals surface area contributed by atoms with Crippen molar-refractivity contribution in [3.8, 4) is 0 Å². The summed E-state index contributed by atoms with van der Waals surface area (Å²) in [5.74, 6) is -0.463. The third-order valence-corrected chi connectivity index (χ3v) is 3.17. The maximum absolute atomic E-state index is 13.3. The number of anilines is 1. The van der Waals surface area contributed by atoms with Crippen LogP contribution in [0, 0.1) is 5.82 Å². The van der Waals surface area contributed by atoms with Crippen molar-refractivity contribution >= 4 is 17.3 Å². The van der Waals surface area contributed by atoms with E-state index in [-0.39, 0.29) is 11.6 Å². The highest BCUT2D eigenvalue weighted by Crippen LogP contribution is 2.32. The molecule has 0 aliphatic rings. The van der Waals surface area contributed by atoms with Crippen molar-refractivity contribution < 1.29 is 9.50 Å². The van der Waals surface area contributed by atoms with Crippen molar-refractivity contribution in [3.63, 3.8) is 0 Å². The van der Waals surface area contributed by atoms with Gasteiger partial charge in [-0.25, -0.2) is 4.39 Å². The first-order valence-corrected chi connectivity index (χ1v) is 6.25. The summed E-state index contributed by atoms with van der Waals surface area (Å²) in [7, 11) is 0. The molecule has 0 spiro atoms. The van der Waals surface area contributed by atoms with E-state index in [4.69, 9.17) is 17.3 Å². The molecule has 102 valence electrons. The van der Waals surface area contributed by atoms with Crippen LogP contribution < -0.4 is 5.73 Å². The van der Waals surface area contributed by atoms with Crippen LogP contribution in [0.2, 0.25) is 5.02 Å². The van der Waals surface area contributed by atoms with Gasteiger partial charge in [-0.3, -0.25) is 4.68 Å². The topological polar surface area (TPSA) is 64.1 Å². The maximum atomic E-state index is 13.3. The maximum Gasteiger partial charge on any atom is 0.124 e. The molecule has 19 heavy (non-hydrogen) atoms. The van der Waals surface area contributed by atoms with Gasteiger partial charge >= 0.3 is 0 Å². The highest BCUT2D eigenvalue weighted by molar-refractivity contribution is 6.31. The number of aliphatic hydroxyl groups is 1. The van der Waals surface area contributed by atoms with E-state index in [9.17, 15) is 9.50 Å². The van der Waals surface area contributed by atoms with Gasteiger partial charge in [0.15, 0.2) is 0 Å². The Balaban J connectivity index is 2.52. The van der Waals surface area contributed by atoms with Crippen LogP contribution in [0.1, 0.15) is 37.3 Å². The van der Waals surface area contributed by atoms with E-state index < -0.39 is 11.9 Å². The second kappa shape index (κ2) is 5.19. The Bertz CT molecular complexity index is 598. The zero-order valence-electron chi connectivity index (χ0n) is 10.6. The van der Waals surface area contributed by atoms with Crippen LogP contribution in [0.5, 0.6) is 0 Å². The minimum Gasteiger partial charge on any atom is -0.398 e. The number of aromatic nitrogens is 2. The predicted molar refractivity (Wildman–Crippen MR) is 72.5 cm³/mol. The lowest BCUT2D eigenvalue weighted by molar-refractivity contribution is 0.205. The first kappa shape index (κ1) is 13.8. The zero-order chi connectivity index (χ0) is 14.2. The van der Waals surface area contributed by atoms with Crippen molar-refractivity contribution in [2.75, 3.05) is 5.73 Å². The molecule has 0 saturated heterocycles. The number of nitrogens with zero attached hydrogens (tertiary/aromatic N) is 2. The summed E-state index contributed by atoms with van der Waals surface area (Å²) in [6, 6.07) is 3.88. The van der Waals surface area contributed by atoms with Gasteiger partial charge in [-0.2, -0.15) is 5.10 Å².